The first kappa shape index (κ1) is 23.7. The molecule has 3 aliphatic rings. The summed E-state index contributed by atoms with van der Waals surface area (Å²) in [6.45, 7) is 6.60. The van der Waals surface area contributed by atoms with Crippen molar-refractivity contribution in [2.75, 3.05) is 46.5 Å². The molecule has 28 heavy (non-hydrogen) atoms. The Labute approximate surface area is 186 Å². The third kappa shape index (κ3) is 6.19. The lowest BCUT2D eigenvalue weighted by atomic mass is 9.94. The Balaban J connectivity index is 0.00000280. The van der Waals surface area contributed by atoms with Crippen LogP contribution in [0.2, 0.25) is 0 Å². The van der Waals surface area contributed by atoms with E-state index in [1.165, 1.54) is 12.8 Å². The monoisotopic (exact) mass is 508 g/mol. The first-order valence-electron chi connectivity index (χ1n) is 10.6. The molecule has 162 valence electrons. The molecule has 0 spiro atoms. The number of methoxy groups -OCH3 is 1. The largest absolute Gasteiger partial charge is 0.381 e. The molecular formula is C20H37IN4O3. The summed E-state index contributed by atoms with van der Waals surface area (Å²) >= 11 is 0. The number of carbonyl (C=O) groups is 1. The molecule has 7 nitrogen and oxygen atoms in total. The summed E-state index contributed by atoms with van der Waals surface area (Å²) in [6.07, 6.45) is 7.27. The van der Waals surface area contributed by atoms with Crippen LogP contribution in [-0.4, -0.2) is 74.9 Å². The summed E-state index contributed by atoms with van der Waals surface area (Å²) in [5, 5.41) is 6.87. The minimum Gasteiger partial charge on any atom is -0.381 e. The van der Waals surface area contributed by atoms with Crippen molar-refractivity contribution >= 4 is 35.8 Å². The number of carbonyl (C=O) groups excluding carboxylic acids is 1. The predicted molar refractivity (Wildman–Crippen MR) is 121 cm³/mol. The molecule has 0 aromatic carbocycles. The number of rotatable bonds is 6. The second-order valence-electron chi connectivity index (χ2n) is 8.09. The van der Waals surface area contributed by atoms with Crippen molar-refractivity contribution in [3.63, 3.8) is 0 Å². The van der Waals surface area contributed by atoms with E-state index in [1.807, 2.05) is 4.90 Å². The summed E-state index contributed by atoms with van der Waals surface area (Å²) in [4.78, 5) is 19.5. The summed E-state index contributed by atoms with van der Waals surface area (Å²) < 4.78 is 11.3. The number of guanidine groups is 1. The molecule has 0 aromatic heterocycles. The van der Waals surface area contributed by atoms with Gasteiger partial charge >= 0.3 is 0 Å². The Kier molecular flexibility index (Phi) is 9.76. The highest BCUT2D eigenvalue weighted by Crippen LogP contribution is 2.28. The Hall–Kier alpha value is -0.610. The lowest BCUT2D eigenvalue weighted by Gasteiger charge is -2.34. The van der Waals surface area contributed by atoms with E-state index in [2.05, 4.69) is 17.6 Å². The number of nitrogens with zero attached hydrogens (tertiary/aromatic N) is 2. The highest BCUT2D eigenvalue weighted by Gasteiger charge is 2.34. The Morgan fingerprint density at radius 2 is 1.96 bits per heavy atom. The van der Waals surface area contributed by atoms with Crippen molar-refractivity contribution in [2.45, 2.75) is 63.5 Å². The second-order valence-corrected chi connectivity index (χ2v) is 8.09. The second kappa shape index (κ2) is 11.5. The highest BCUT2D eigenvalue weighted by atomic mass is 127. The number of aliphatic imine (C=N–C) groups is 1. The third-order valence-corrected chi connectivity index (χ3v) is 6.25. The normalized spacial score (nSPS) is 25.4. The standard InChI is InChI=1S/C20H36N4O3.HI/c1-3-21-19(22-15-20(26-2)9-12-27-13-10-20)23-17-8-11-24(14-17)18(25)16-6-4-5-7-16;/h16-17H,3-15H2,1-2H3,(H2,21,22,23);1H. The average Bonchev–Trinajstić information content (AvgIpc) is 3.39. The van der Waals surface area contributed by atoms with Gasteiger partial charge in [-0.05, 0) is 26.2 Å². The summed E-state index contributed by atoms with van der Waals surface area (Å²) in [7, 11) is 1.77. The van der Waals surface area contributed by atoms with Crippen LogP contribution in [0.15, 0.2) is 4.99 Å². The van der Waals surface area contributed by atoms with Gasteiger partial charge in [-0.3, -0.25) is 9.79 Å². The van der Waals surface area contributed by atoms with Crippen molar-refractivity contribution in [3.05, 3.63) is 0 Å². The number of hydrogen-bond donors (Lipinski definition) is 2. The molecule has 3 fully saturated rings. The van der Waals surface area contributed by atoms with Crippen LogP contribution < -0.4 is 10.6 Å². The summed E-state index contributed by atoms with van der Waals surface area (Å²) in [5.74, 6) is 1.44. The van der Waals surface area contributed by atoms with E-state index in [0.717, 1.165) is 70.9 Å². The van der Waals surface area contributed by atoms with Crippen molar-refractivity contribution < 1.29 is 14.3 Å². The maximum absolute atomic E-state index is 12.6. The molecule has 0 bridgehead atoms. The van der Waals surface area contributed by atoms with Crippen LogP contribution in [0.3, 0.4) is 0 Å². The number of nitrogens with one attached hydrogen (secondary N) is 2. The fourth-order valence-electron chi connectivity index (χ4n) is 4.42. The maximum Gasteiger partial charge on any atom is 0.225 e. The van der Waals surface area contributed by atoms with Crippen molar-refractivity contribution in [1.82, 2.24) is 15.5 Å². The molecule has 2 heterocycles. The van der Waals surface area contributed by atoms with Gasteiger partial charge < -0.3 is 25.0 Å². The van der Waals surface area contributed by atoms with Gasteiger partial charge in [0.2, 0.25) is 5.91 Å². The predicted octanol–water partition coefficient (Wildman–Crippen LogP) is 2.15. The molecule has 1 atom stereocenters. The summed E-state index contributed by atoms with van der Waals surface area (Å²) in [5.41, 5.74) is -0.221. The summed E-state index contributed by atoms with van der Waals surface area (Å²) in [6, 6.07) is 0.265. The van der Waals surface area contributed by atoms with Gasteiger partial charge in [0.05, 0.1) is 12.1 Å². The number of amides is 1. The van der Waals surface area contributed by atoms with Gasteiger partial charge in [0.15, 0.2) is 5.96 Å². The third-order valence-electron chi connectivity index (χ3n) is 6.25. The molecule has 8 heteroatoms. The molecule has 2 aliphatic heterocycles. The minimum atomic E-state index is -0.221. The molecule has 1 saturated carbocycles. The van der Waals surface area contributed by atoms with E-state index in [-0.39, 0.29) is 41.5 Å². The number of halogens is 1. The fraction of sp³-hybridized carbons (Fsp3) is 0.900. The van der Waals surface area contributed by atoms with Crippen LogP contribution in [0, 0.1) is 5.92 Å². The van der Waals surface area contributed by atoms with Gasteiger partial charge in [-0.2, -0.15) is 0 Å². The van der Waals surface area contributed by atoms with E-state index in [9.17, 15) is 4.79 Å². The first-order valence-corrected chi connectivity index (χ1v) is 10.6. The number of ether oxygens (including phenoxy) is 2. The number of likely N-dealkylation sites (tertiary alicyclic amines) is 1. The van der Waals surface area contributed by atoms with Gasteiger partial charge in [-0.25, -0.2) is 0 Å². The lowest BCUT2D eigenvalue weighted by Crippen LogP contribution is -2.47. The van der Waals surface area contributed by atoms with Gasteiger partial charge in [-0.15, -0.1) is 24.0 Å². The Bertz CT molecular complexity index is 520. The Morgan fingerprint density at radius 3 is 2.61 bits per heavy atom. The zero-order valence-corrected chi connectivity index (χ0v) is 19.7. The van der Waals surface area contributed by atoms with Crippen LogP contribution in [0.1, 0.15) is 51.9 Å². The van der Waals surface area contributed by atoms with E-state index in [4.69, 9.17) is 14.5 Å². The van der Waals surface area contributed by atoms with Gasteiger partial charge in [0.1, 0.15) is 0 Å². The van der Waals surface area contributed by atoms with Crippen molar-refractivity contribution in [1.29, 1.82) is 0 Å². The molecule has 2 N–H and O–H groups in total. The van der Waals surface area contributed by atoms with Gasteiger partial charge in [0.25, 0.3) is 0 Å². The average molecular weight is 508 g/mol. The van der Waals surface area contributed by atoms with Gasteiger partial charge in [0, 0.05) is 64.8 Å². The van der Waals surface area contributed by atoms with Crippen LogP contribution >= 0.6 is 24.0 Å². The molecule has 0 radical (unpaired) electrons. The van der Waals surface area contributed by atoms with Crippen molar-refractivity contribution in [2.24, 2.45) is 10.9 Å². The van der Waals surface area contributed by atoms with E-state index in [0.29, 0.717) is 12.5 Å². The molecule has 1 unspecified atom stereocenters. The minimum absolute atomic E-state index is 0. The molecule has 1 amide bonds. The number of hydrogen-bond acceptors (Lipinski definition) is 4. The van der Waals surface area contributed by atoms with Crippen LogP contribution in [-0.2, 0) is 14.3 Å². The first-order chi connectivity index (χ1) is 13.2. The molecule has 1 aliphatic carbocycles. The SMILES string of the molecule is CCNC(=NCC1(OC)CCOCC1)NC1CCN(C(=O)C2CCCC2)C1.I. The van der Waals surface area contributed by atoms with Crippen molar-refractivity contribution in [3.8, 4) is 0 Å². The molecule has 0 aromatic rings. The maximum atomic E-state index is 12.6. The molecule has 3 rings (SSSR count). The van der Waals surface area contributed by atoms with Crippen LogP contribution in [0.25, 0.3) is 0 Å². The molecular weight excluding hydrogens is 471 g/mol. The van der Waals surface area contributed by atoms with E-state index in [1.54, 1.807) is 7.11 Å². The zero-order chi connectivity index (χ0) is 19.1. The van der Waals surface area contributed by atoms with Crippen LogP contribution in [0.4, 0.5) is 0 Å². The van der Waals surface area contributed by atoms with Crippen LogP contribution in [0.5, 0.6) is 0 Å². The Morgan fingerprint density at radius 1 is 1.25 bits per heavy atom. The van der Waals surface area contributed by atoms with E-state index >= 15 is 0 Å². The van der Waals surface area contributed by atoms with Gasteiger partial charge in [-0.1, -0.05) is 12.8 Å². The topological polar surface area (TPSA) is 75.2 Å². The quantitative estimate of drug-likeness (QED) is 0.327. The highest BCUT2D eigenvalue weighted by molar-refractivity contribution is 14.0. The van der Waals surface area contributed by atoms with E-state index < -0.39 is 0 Å². The fourth-order valence-corrected chi connectivity index (χ4v) is 4.42. The zero-order valence-electron chi connectivity index (χ0n) is 17.4. The molecule has 2 saturated heterocycles. The smallest absolute Gasteiger partial charge is 0.225 e. The lowest BCUT2D eigenvalue weighted by molar-refractivity contribution is -0.134.